The Hall–Kier alpha value is -1.82. The van der Waals surface area contributed by atoms with Crippen LogP contribution in [0.5, 0.6) is 0 Å². The molecule has 0 aliphatic heterocycles. The Morgan fingerprint density at radius 3 is 2.26 bits per heavy atom. The van der Waals surface area contributed by atoms with Crippen LogP contribution < -0.4 is 0 Å². The van der Waals surface area contributed by atoms with Gasteiger partial charge in [-0.2, -0.15) is 5.26 Å². The van der Waals surface area contributed by atoms with E-state index >= 15 is 0 Å². The fraction of sp³-hybridized carbons (Fsp3) is 0.500. The van der Waals surface area contributed by atoms with Crippen molar-refractivity contribution in [1.29, 1.82) is 5.26 Å². The zero-order valence-corrected chi connectivity index (χ0v) is 12.2. The highest BCUT2D eigenvalue weighted by Crippen LogP contribution is 2.16. The maximum Gasteiger partial charge on any atom is 0.253 e. The summed E-state index contributed by atoms with van der Waals surface area (Å²) in [5.74, 6) is 0.323. The maximum absolute atomic E-state index is 12.3. The summed E-state index contributed by atoms with van der Waals surface area (Å²) >= 11 is 0. The molecule has 0 N–H and O–H groups in total. The number of hydrogen-bond donors (Lipinski definition) is 0. The normalized spacial score (nSPS) is 12.0. The summed E-state index contributed by atoms with van der Waals surface area (Å²) in [5.41, 5.74) is 1.92. The van der Waals surface area contributed by atoms with Crippen LogP contribution in [0.25, 0.3) is 0 Å². The first-order chi connectivity index (χ1) is 8.99. The Balaban J connectivity index is 2.83. The summed E-state index contributed by atoms with van der Waals surface area (Å²) in [6.45, 7) is 9.13. The van der Waals surface area contributed by atoms with Gasteiger partial charge in [-0.3, -0.25) is 4.79 Å². The fourth-order valence-electron chi connectivity index (χ4n) is 1.92. The number of amides is 1. The van der Waals surface area contributed by atoms with Gasteiger partial charge < -0.3 is 4.90 Å². The van der Waals surface area contributed by atoms with Crippen LogP contribution in [0.1, 0.15) is 49.5 Å². The second-order valence-electron chi connectivity index (χ2n) is 5.15. The molecule has 0 saturated heterocycles. The van der Waals surface area contributed by atoms with E-state index in [0.717, 1.165) is 0 Å². The van der Waals surface area contributed by atoms with Crippen molar-refractivity contribution >= 4 is 5.91 Å². The number of carbonyl (C=O) groups excluding carboxylic acids is 1. The second kappa shape index (κ2) is 6.94. The van der Waals surface area contributed by atoms with Gasteiger partial charge in [-0.15, -0.1) is 0 Å². The standard InChI is InChI=1S/C16H22N2O/c1-5-18(11-13(4)10-17)16(19)15-8-6-14(7-9-15)12(2)3/h6-9,12-13H,5,11H2,1-4H3/t13-/m1/s1. The van der Waals surface area contributed by atoms with E-state index in [1.165, 1.54) is 5.56 Å². The van der Waals surface area contributed by atoms with Crippen LogP contribution in [0.4, 0.5) is 0 Å². The lowest BCUT2D eigenvalue weighted by atomic mass is 10.0. The van der Waals surface area contributed by atoms with Crippen LogP contribution in [0.2, 0.25) is 0 Å². The first-order valence-corrected chi connectivity index (χ1v) is 6.78. The van der Waals surface area contributed by atoms with Crippen molar-refractivity contribution < 1.29 is 4.79 Å². The van der Waals surface area contributed by atoms with Gasteiger partial charge >= 0.3 is 0 Å². The molecule has 1 atom stereocenters. The van der Waals surface area contributed by atoms with Crippen LogP contribution in [0, 0.1) is 17.2 Å². The molecule has 0 fully saturated rings. The number of nitrogens with zero attached hydrogens (tertiary/aromatic N) is 2. The molecule has 3 heteroatoms. The first kappa shape index (κ1) is 15.2. The van der Waals surface area contributed by atoms with Gasteiger partial charge in [0, 0.05) is 18.7 Å². The van der Waals surface area contributed by atoms with E-state index in [1.54, 1.807) is 4.90 Å². The van der Waals surface area contributed by atoms with Crippen LogP contribution >= 0.6 is 0 Å². The van der Waals surface area contributed by atoms with Gasteiger partial charge in [0.15, 0.2) is 0 Å². The Labute approximate surface area is 115 Å². The highest BCUT2D eigenvalue weighted by Gasteiger charge is 2.16. The Bertz CT molecular complexity index is 457. The number of rotatable bonds is 5. The minimum Gasteiger partial charge on any atom is -0.338 e. The molecule has 19 heavy (non-hydrogen) atoms. The minimum atomic E-state index is -0.140. The Morgan fingerprint density at radius 1 is 1.26 bits per heavy atom. The van der Waals surface area contributed by atoms with Gasteiger partial charge in [0.25, 0.3) is 5.91 Å². The smallest absolute Gasteiger partial charge is 0.253 e. The highest BCUT2D eigenvalue weighted by atomic mass is 16.2. The zero-order valence-electron chi connectivity index (χ0n) is 12.2. The molecular formula is C16H22N2O. The van der Waals surface area contributed by atoms with Crippen molar-refractivity contribution in [3.63, 3.8) is 0 Å². The van der Waals surface area contributed by atoms with E-state index < -0.39 is 0 Å². The van der Waals surface area contributed by atoms with Gasteiger partial charge in [-0.25, -0.2) is 0 Å². The zero-order chi connectivity index (χ0) is 14.4. The summed E-state index contributed by atoms with van der Waals surface area (Å²) in [7, 11) is 0. The summed E-state index contributed by atoms with van der Waals surface area (Å²) in [4.78, 5) is 14.0. The third-order valence-electron chi connectivity index (χ3n) is 3.21. The number of carbonyl (C=O) groups is 1. The van der Waals surface area contributed by atoms with Gasteiger partial charge in [-0.1, -0.05) is 26.0 Å². The Kier molecular flexibility index (Phi) is 5.57. The lowest BCUT2D eigenvalue weighted by molar-refractivity contribution is 0.0752. The first-order valence-electron chi connectivity index (χ1n) is 6.78. The van der Waals surface area contributed by atoms with E-state index in [1.807, 2.05) is 38.1 Å². The third-order valence-corrected chi connectivity index (χ3v) is 3.21. The quantitative estimate of drug-likeness (QED) is 0.812. The topological polar surface area (TPSA) is 44.1 Å². The average molecular weight is 258 g/mol. The molecule has 0 spiro atoms. The predicted molar refractivity (Wildman–Crippen MR) is 76.9 cm³/mol. The lowest BCUT2D eigenvalue weighted by Crippen LogP contribution is -2.34. The molecule has 1 amide bonds. The minimum absolute atomic E-state index is 0.0000869. The molecular weight excluding hydrogens is 236 g/mol. The van der Waals surface area contributed by atoms with Crippen LogP contribution in [0.3, 0.4) is 0 Å². The van der Waals surface area contributed by atoms with E-state index in [-0.39, 0.29) is 11.8 Å². The van der Waals surface area contributed by atoms with Crippen molar-refractivity contribution in [1.82, 2.24) is 4.90 Å². The molecule has 0 bridgehead atoms. The summed E-state index contributed by atoms with van der Waals surface area (Å²) in [6, 6.07) is 9.91. The number of hydrogen-bond acceptors (Lipinski definition) is 2. The van der Waals surface area contributed by atoms with Gasteiger partial charge in [0.05, 0.1) is 12.0 Å². The molecule has 0 unspecified atom stereocenters. The van der Waals surface area contributed by atoms with Crippen molar-refractivity contribution in [3.05, 3.63) is 35.4 Å². The second-order valence-corrected chi connectivity index (χ2v) is 5.15. The summed E-state index contributed by atoms with van der Waals surface area (Å²) < 4.78 is 0. The van der Waals surface area contributed by atoms with Gasteiger partial charge in [0.1, 0.15) is 0 Å². The molecule has 102 valence electrons. The SMILES string of the molecule is CCN(C[C@H](C)C#N)C(=O)c1ccc(C(C)C)cc1. The Morgan fingerprint density at radius 2 is 1.84 bits per heavy atom. The van der Waals surface area contributed by atoms with E-state index in [2.05, 4.69) is 19.9 Å². The number of nitriles is 1. The fourth-order valence-corrected chi connectivity index (χ4v) is 1.92. The van der Waals surface area contributed by atoms with E-state index in [0.29, 0.717) is 24.6 Å². The van der Waals surface area contributed by atoms with E-state index in [9.17, 15) is 4.79 Å². The van der Waals surface area contributed by atoms with Crippen molar-refractivity contribution in [2.45, 2.75) is 33.6 Å². The molecule has 1 aromatic rings. The predicted octanol–water partition coefficient (Wildman–Crippen LogP) is 3.43. The molecule has 0 heterocycles. The van der Waals surface area contributed by atoms with Crippen molar-refractivity contribution in [2.75, 3.05) is 13.1 Å². The van der Waals surface area contributed by atoms with Crippen molar-refractivity contribution in [2.24, 2.45) is 5.92 Å². The summed E-state index contributed by atoms with van der Waals surface area (Å²) in [5, 5.41) is 8.84. The largest absolute Gasteiger partial charge is 0.338 e. The molecule has 1 rings (SSSR count). The van der Waals surface area contributed by atoms with Crippen LogP contribution in [-0.2, 0) is 0 Å². The third kappa shape index (κ3) is 4.10. The van der Waals surface area contributed by atoms with Crippen molar-refractivity contribution in [3.8, 4) is 6.07 Å². The number of benzene rings is 1. The van der Waals surface area contributed by atoms with Gasteiger partial charge in [-0.05, 0) is 37.5 Å². The molecule has 0 aliphatic rings. The highest BCUT2D eigenvalue weighted by molar-refractivity contribution is 5.94. The lowest BCUT2D eigenvalue weighted by Gasteiger charge is -2.22. The average Bonchev–Trinajstić information content (AvgIpc) is 2.43. The van der Waals surface area contributed by atoms with Crippen LogP contribution in [-0.4, -0.2) is 23.9 Å². The maximum atomic E-state index is 12.3. The molecule has 0 saturated carbocycles. The molecule has 0 aliphatic carbocycles. The molecule has 0 aromatic heterocycles. The van der Waals surface area contributed by atoms with Gasteiger partial charge in [0.2, 0.25) is 0 Å². The van der Waals surface area contributed by atoms with E-state index in [4.69, 9.17) is 5.26 Å². The molecule has 0 radical (unpaired) electrons. The molecule has 3 nitrogen and oxygen atoms in total. The monoisotopic (exact) mass is 258 g/mol. The summed E-state index contributed by atoms with van der Waals surface area (Å²) in [6.07, 6.45) is 0. The van der Waals surface area contributed by atoms with Crippen LogP contribution in [0.15, 0.2) is 24.3 Å². The molecule has 1 aromatic carbocycles.